The highest BCUT2D eigenvalue weighted by Gasteiger charge is 2.37. The normalized spacial score (nSPS) is 15.0. The Morgan fingerprint density at radius 3 is 2.47 bits per heavy atom. The molecule has 1 aromatic heterocycles. The van der Waals surface area contributed by atoms with Gasteiger partial charge in [-0.1, -0.05) is 0 Å². The number of thiazole rings is 1. The first kappa shape index (κ1) is 14.4. The van der Waals surface area contributed by atoms with E-state index in [9.17, 15) is 13.2 Å². The van der Waals surface area contributed by atoms with Gasteiger partial charge in [-0.3, -0.25) is 0 Å². The second-order valence-corrected chi connectivity index (χ2v) is 5.14. The zero-order chi connectivity index (χ0) is 13.3. The lowest BCUT2D eigenvalue weighted by Gasteiger charge is -2.30. The van der Waals surface area contributed by atoms with Crippen molar-refractivity contribution in [1.29, 1.82) is 0 Å². The first-order valence-electron chi connectivity index (χ1n) is 5.11. The van der Waals surface area contributed by atoms with Crippen LogP contribution in [0.2, 0.25) is 0 Å². The summed E-state index contributed by atoms with van der Waals surface area (Å²) in [6, 6.07) is -0.629. The Morgan fingerprint density at radius 2 is 2.06 bits per heavy atom. The van der Waals surface area contributed by atoms with E-state index in [1.54, 1.807) is 13.8 Å². The molecule has 0 fully saturated rings. The summed E-state index contributed by atoms with van der Waals surface area (Å²) in [5, 5.41) is -0.879. The van der Waals surface area contributed by atoms with Gasteiger partial charge in [0.1, 0.15) is 0 Å². The Kier molecular flexibility index (Phi) is 4.16. The minimum absolute atomic E-state index is 0.371. The number of hydrogen-bond acceptors (Lipinski definition) is 4. The number of alkyl halides is 3. The molecule has 0 bridgehead atoms. The van der Waals surface area contributed by atoms with E-state index in [2.05, 4.69) is 4.98 Å². The van der Waals surface area contributed by atoms with Crippen molar-refractivity contribution in [3.05, 3.63) is 16.1 Å². The Balaban J connectivity index is 2.90. The Hall–Kier alpha value is -0.660. The van der Waals surface area contributed by atoms with Gasteiger partial charge in [-0.05, 0) is 20.8 Å². The SMILES string of the molecule is CCOC(C)(C)C(N)c1cnc(C(F)(F)F)s1. The predicted octanol–water partition coefficient (Wildman–Crippen LogP) is 2.98. The zero-order valence-corrected chi connectivity index (χ0v) is 10.7. The third-order valence-corrected chi connectivity index (χ3v) is 3.46. The Labute approximate surface area is 102 Å². The summed E-state index contributed by atoms with van der Waals surface area (Å²) in [6.07, 6.45) is -3.25. The van der Waals surface area contributed by atoms with E-state index in [1.165, 1.54) is 6.20 Å². The van der Waals surface area contributed by atoms with Gasteiger partial charge in [-0.25, -0.2) is 4.98 Å². The molecular weight excluding hydrogens is 253 g/mol. The molecule has 1 rings (SSSR count). The monoisotopic (exact) mass is 268 g/mol. The molecule has 1 heterocycles. The van der Waals surface area contributed by atoms with Crippen LogP contribution < -0.4 is 5.73 Å². The Bertz CT molecular complexity index is 376. The summed E-state index contributed by atoms with van der Waals surface area (Å²) in [4.78, 5) is 3.71. The molecule has 17 heavy (non-hydrogen) atoms. The van der Waals surface area contributed by atoms with E-state index >= 15 is 0 Å². The fraction of sp³-hybridized carbons (Fsp3) is 0.700. The first-order chi connectivity index (χ1) is 7.68. The molecule has 7 heteroatoms. The number of nitrogens with two attached hydrogens (primary N) is 1. The molecule has 98 valence electrons. The van der Waals surface area contributed by atoms with Gasteiger partial charge in [-0.15, -0.1) is 11.3 Å². The van der Waals surface area contributed by atoms with Gasteiger partial charge in [0.05, 0.1) is 11.6 Å². The van der Waals surface area contributed by atoms with Crippen LogP contribution in [0.3, 0.4) is 0 Å². The van der Waals surface area contributed by atoms with E-state index in [0.717, 1.165) is 0 Å². The van der Waals surface area contributed by atoms with Crippen molar-refractivity contribution < 1.29 is 17.9 Å². The summed E-state index contributed by atoms with van der Waals surface area (Å²) in [5.74, 6) is 0. The number of nitrogens with zero attached hydrogens (tertiary/aromatic N) is 1. The quantitative estimate of drug-likeness (QED) is 0.913. The van der Waals surface area contributed by atoms with Crippen molar-refractivity contribution in [3.8, 4) is 0 Å². The van der Waals surface area contributed by atoms with Crippen molar-refractivity contribution in [2.45, 2.75) is 38.6 Å². The molecule has 2 N–H and O–H groups in total. The largest absolute Gasteiger partial charge is 0.443 e. The number of hydrogen-bond donors (Lipinski definition) is 1. The molecule has 1 unspecified atom stereocenters. The van der Waals surface area contributed by atoms with E-state index in [0.29, 0.717) is 22.8 Å². The second-order valence-electron chi connectivity index (χ2n) is 4.08. The Morgan fingerprint density at radius 1 is 1.47 bits per heavy atom. The molecule has 0 aliphatic rings. The molecule has 0 aromatic carbocycles. The lowest BCUT2D eigenvalue weighted by Crippen LogP contribution is -2.37. The number of rotatable bonds is 4. The standard InChI is InChI=1S/C10H15F3N2OS/c1-4-16-9(2,3)7(14)6-5-15-8(17-6)10(11,12)13/h5,7H,4,14H2,1-3H3. The third-order valence-electron chi connectivity index (χ3n) is 2.34. The molecule has 0 saturated heterocycles. The van der Waals surface area contributed by atoms with Crippen LogP contribution in [0, 0.1) is 0 Å². The maximum Gasteiger partial charge on any atom is 0.443 e. The fourth-order valence-electron chi connectivity index (χ4n) is 1.37. The number of aromatic nitrogens is 1. The van der Waals surface area contributed by atoms with Gasteiger partial charge in [0.2, 0.25) is 0 Å². The van der Waals surface area contributed by atoms with Crippen LogP contribution in [0.4, 0.5) is 13.2 Å². The summed E-state index contributed by atoms with van der Waals surface area (Å²) < 4.78 is 42.6. The maximum absolute atomic E-state index is 12.4. The van der Waals surface area contributed by atoms with Crippen molar-refractivity contribution in [3.63, 3.8) is 0 Å². The summed E-state index contributed by atoms with van der Waals surface area (Å²) in [5.41, 5.74) is 5.18. The fourth-order valence-corrected chi connectivity index (χ4v) is 2.33. The summed E-state index contributed by atoms with van der Waals surface area (Å²) in [6.45, 7) is 5.75. The zero-order valence-electron chi connectivity index (χ0n) is 9.84. The van der Waals surface area contributed by atoms with Gasteiger partial charge in [0.25, 0.3) is 0 Å². The highest BCUT2D eigenvalue weighted by molar-refractivity contribution is 7.11. The van der Waals surface area contributed by atoms with Crippen LogP contribution in [0.5, 0.6) is 0 Å². The molecule has 1 aromatic rings. The highest BCUT2D eigenvalue weighted by Crippen LogP contribution is 2.36. The average molecular weight is 268 g/mol. The van der Waals surface area contributed by atoms with Gasteiger partial charge in [0, 0.05) is 17.7 Å². The average Bonchev–Trinajstić information content (AvgIpc) is 2.64. The minimum Gasteiger partial charge on any atom is -0.374 e. The van der Waals surface area contributed by atoms with Crippen LogP contribution in [0.1, 0.15) is 36.7 Å². The van der Waals surface area contributed by atoms with Crippen LogP contribution in [0.15, 0.2) is 6.20 Å². The van der Waals surface area contributed by atoms with Crippen molar-refractivity contribution in [1.82, 2.24) is 4.98 Å². The van der Waals surface area contributed by atoms with E-state index in [4.69, 9.17) is 10.5 Å². The van der Waals surface area contributed by atoms with Crippen molar-refractivity contribution >= 4 is 11.3 Å². The molecule has 0 aliphatic carbocycles. The second kappa shape index (κ2) is 4.91. The van der Waals surface area contributed by atoms with Gasteiger partial charge in [0.15, 0.2) is 5.01 Å². The smallest absolute Gasteiger partial charge is 0.374 e. The molecule has 0 radical (unpaired) electrons. The van der Waals surface area contributed by atoms with Crippen LogP contribution in [-0.2, 0) is 10.9 Å². The predicted molar refractivity (Wildman–Crippen MR) is 59.7 cm³/mol. The topological polar surface area (TPSA) is 48.1 Å². The summed E-state index contributed by atoms with van der Waals surface area (Å²) in [7, 11) is 0. The highest BCUT2D eigenvalue weighted by atomic mass is 32.1. The molecule has 0 amide bonds. The van der Waals surface area contributed by atoms with Gasteiger partial charge < -0.3 is 10.5 Å². The van der Waals surface area contributed by atoms with Gasteiger partial charge in [-0.2, -0.15) is 13.2 Å². The maximum atomic E-state index is 12.4. The van der Waals surface area contributed by atoms with Crippen LogP contribution >= 0.6 is 11.3 Å². The van der Waals surface area contributed by atoms with Crippen molar-refractivity contribution in [2.24, 2.45) is 5.73 Å². The molecule has 0 spiro atoms. The van der Waals surface area contributed by atoms with Gasteiger partial charge >= 0.3 is 6.18 Å². The lowest BCUT2D eigenvalue weighted by molar-refractivity contribution is -0.137. The number of halogens is 3. The minimum atomic E-state index is -4.42. The number of ether oxygens (including phenoxy) is 1. The summed E-state index contributed by atoms with van der Waals surface area (Å²) >= 11 is 0.560. The lowest BCUT2D eigenvalue weighted by atomic mass is 9.98. The third kappa shape index (κ3) is 3.40. The van der Waals surface area contributed by atoms with Crippen LogP contribution in [-0.4, -0.2) is 17.2 Å². The molecular formula is C10H15F3N2OS. The van der Waals surface area contributed by atoms with Crippen LogP contribution in [0.25, 0.3) is 0 Å². The van der Waals surface area contributed by atoms with E-state index in [1.807, 2.05) is 6.92 Å². The van der Waals surface area contributed by atoms with Crippen molar-refractivity contribution in [2.75, 3.05) is 6.61 Å². The molecule has 0 aliphatic heterocycles. The molecule has 0 saturated carbocycles. The van der Waals surface area contributed by atoms with E-state index in [-0.39, 0.29) is 0 Å². The first-order valence-corrected chi connectivity index (χ1v) is 5.92. The van der Waals surface area contributed by atoms with E-state index < -0.39 is 22.8 Å². The molecule has 1 atom stereocenters. The molecule has 3 nitrogen and oxygen atoms in total.